The molecule has 0 aromatic rings. The van der Waals surface area contributed by atoms with Gasteiger partial charge in [0.15, 0.2) is 6.17 Å². The van der Waals surface area contributed by atoms with E-state index >= 15 is 0 Å². The molecule has 1 aliphatic heterocycles. The molecular weight excluding hydrogens is 200 g/mol. The fourth-order valence-corrected chi connectivity index (χ4v) is 1.49. The molecule has 0 aliphatic carbocycles. The predicted octanol–water partition coefficient (Wildman–Crippen LogP) is -0.892. The van der Waals surface area contributed by atoms with Crippen molar-refractivity contribution in [2.24, 2.45) is 0 Å². The highest BCUT2D eigenvalue weighted by atomic mass is 16.2. The molecule has 84 valence electrons. The maximum Gasteiger partial charge on any atom is 0.328 e. The number of imide groups is 1. The normalized spacial score (nSPS) is 20.9. The highest BCUT2D eigenvalue weighted by molar-refractivity contribution is 6.04. The molecule has 1 N–H and O–H groups in total. The minimum absolute atomic E-state index is 0.409. The van der Waals surface area contributed by atoms with Crippen molar-refractivity contribution in [1.29, 1.82) is 0 Å². The molecule has 0 spiro atoms. The van der Waals surface area contributed by atoms with Crippen molar-refractivity contribution in [3.05, 3.63) is 0 Å². The molecule has 0 bridgehead atoms. The van der Waals surface area contributed by atoms with Crippen LogP contribution in [0.1, 0.15) is 0 Å². The summed E-state index contributed by atoms with van der Waals surface area (Å²) in [5, 5.41) is 2.39. The first kappa shape index (κ1) is 11.3. The molecule has 1 unspecified atom stereocenters. The smallest absolute Gasteiger partial charge is 0.328 e. The number of nitrogens with one attached hydrogen (secondary N) is 1. The summed E-state index contributed by atoms with van der Waals surface area (Å²) < 4.78 is 0. The quantitative estimate of drug-likeness (QED) is 0.575. The lowest BCUT2D eigenvalue weighted by atomic mass is 10.4. The van der Waals surface area contributed by atoms with Crippen LogP contribution in [0.3, 0.4) is 0 Å². The third kappa shape index (κ3) is 1.60. The van der Waals surface area contributed by atoms with Crippen LogP contribution in [-0.4, -0.2) is 67.0 Å². The van der Waals surface area contributed by atoms with Gasteiger partial charge in [-0.2, -0.15) is 0 Å². The number of urea groups is 2. The van der Waals surface area contributed by atoms with Crippen LogP contribution >= 0.6 is 0 Å². The number of amides is 5. The molecule has 1 saturated heterocycles. The van der Waals surface area contributed by atoms with Crippen LogP contribution in [0.2, 0.25) is 0 Å². The van der Waals surface area contributed by atoms with Gasteiger partial charge in [0.2, 0.25) is 0 Å². The van der Waals surface area contributed by atoms with Gasteiger partial charge in [-0.1, -0.05) is 0 Å². The van der Waals surface area contributed by atoms with Crippen LogP contribution in [0.15, 0.2) is 0 Å². The second-order valence-corrected chi connectivity index (χ2v) is 3.33. The Kier molecular flexibility index (Phi) is 2.83. The summed E-state index contributed by atoms with van der Waals surface area (Å²) in [7, 11) is 5.79. The summed E-state index contributed by atoms with van der Waals surface area (Å²) in [4.78, 5) is 37.7. The van der Waals surface area contributed by atoms with Crippen LogP contribution in [-0.2, 0) is 4.79 Å². The van der Waals surface area contributed by atoms with Crippen LogP contribution in [0.25, 0.3) is 0 Å². The van der Waals surface area contributed by atoms with Gasteiger partial charge in [-0.3, -0.25) is 19.5 Å². The zero-order chi connectivity index (χ0) is 11.7. The maximum absolute atomic E-state index is 11.6. The van der Waals surface area contributed by atoms with Crippen molar-refractivity contribution < 1.29 is 14.4 Å². The van der Waals surface area contributed by atoms with E-state index in [-0.39, 0.29) is 0 Å². The molecular formula is C8H14N4O3. The zero-order valence-electron chi connectivity index (χ0n) is 9.14. The summed E-state index contributed by atoms with van der Waals surface area (Å²) >= 11 is 0. The monoisotopic (exact) mass is 214 g/mol. The summed E-state index contributed by atoms with van der Waals surface area (Å²) in [6.45, 7) is 0. The molecule has 0 aromatic heterocycles. The van der Waals surface area contributed by atoms with Crippen LogP contribution in [0.4, 0.5) is 9.59 Å². The molecule has 1 fully saturated rings. The second-order valence-electron chi connectivity index (χ2n) is 3.33. The number of hydrogen-bond acceptors (Lipinski definition) is 3. The standard InChI is InChI=1S/C8H14N4O3/c1-9-7(14)10(2)5-6(13)12(4)8(15)11(5)3/h5H,1-4H3,(H,9,14). The van der Waals surface area contributed by atoms with Crippen LogP contribution in [0, 0.1) is 0 Å². The summed E-state index contributed by atoms with van der Waals surface area (Å²) in [6, 6.07) is -0.830. The highest BCUT2D eigenvalue weighted by Crippen LogP contribution is 2.16. The molecule has 0 saturated carbocycles. The Morgan fingerprint density at radius 2 is 1.93 bits per heavy atom. The molecule has 7 heteroatoms. The Bertz CT molecular complexity index is 317. The molecule has 5 amide bonds. The number of carbonyl (C=O) groups excluding carboxylic acids is 3. The second kappa shape index (κ2) is 3.76. The average Bonchev–Trinajstić information content (AvgIpc) is 2.41. The first-order chi connectivity index (χ1) is 6.91. The lowest BCUT2D eigenvalue weighted by Gasteiger charge is -2.26. The number of likely N-dealkylation sites (N-methyl/N-ethyl adjacent to an activating group) is 3. The van der Waals surface area contributed by atoms with Crippen LogP contribution < -0.4 is 5.32 Å². The molecule has 1 atom stereocenters. The molecule has 1 heterocycles. The number of nitrogens with zero attached hydrogens (tertiary/aromatic N) is 3. The van der Waals surface area contributed by atoms with Gasteiger partial charge in [-0.05, 0) is 0 Å². The Morgan fingerprint density at radius 3 is 2.27 bits per heavy atom. The van der Waals surface area contributed by atoms with E-state index in [1.165, 1.54) is 38.0 Å². The molecule has 7 nitrogen and oxygen atoms in total. The lowest BCUT2D eigenvalue weighted by molar-refractivity contribution is -0.130. The van der Waals surface area contributed by atoms with E-state index in [9.17, 15) is 14.4 Å². The Balaban J connectivity index is 2.91. The third-order valence-corrected chi connectivity index (χ3v) is 2.41. The molecule has 0 aromatic carbocycles. The van der Waals surface area contributed by atoms with Crippen LogP contribution in [0.5, 0.6) is 0 Å². The largest absolute Gasteiger partial charge is 0.341 e. The van der Waals surface area contributed by atoms with E-state index < -0.39 is 24.1 Å². The number of rotatable bonds is 1. The van der Waals surface area contributed by atoms with E-state index in [2.05, 4.69) is 5.32 Å². The summed E-state index contributed by atoms with van der Waals surface area (Å²) in [5.74, 6) is -0.409. The molecule has 1 aliphatic rings. The predicted molar refractivity (Wildman–Crippen MR) is 51.9 cm³/mol. The van der Waals surface area contributed by atoms with Crippen molar-refractivity contribution in [2.75, 3.05) is 28.2 Å². The minimum atomic E-state index is -0.859. The van der Waals surface area contributed by atoms with Gasteiger partial charge in [0.1, 0.15) is 0 Å². The van der Waals surface area contributed by atoms with Gasteiger partial charge in [0.05, 0.1) is 0 Å². The number of hydrogen-bond donors (Lipinski definition) is 1. The Labute approximate surface area is 87.6 Å². The molecule has 0 radical (unpaired) electrons. The number of carbonyl (C=O) groups is 3. The lowest BCUT2D eigenvalue weighted by Crippen LogP contribution is -2.51. The zero-order valence-corrected chi connectivity index (χ0v) is 9.14. The maximum atomic E-state index is 11.6. The van der Waals surface area contributed by atoms with Crippen molar-refractivity contribution in [1.82, 2.24) is 20.0 Å². The fraction of sp³-hybridized carbons (Fsp3) is 0.625. The average molecular weight is 214 g/mol. The molecule has 1 rings (SSSR count). The van der Waals surface area contributed by atoms with E-state index in [1.54, 1.807) is 0 Å². The topological polar surface area (TPSA) is 73.0 Å². The van der Waals surface area contributed by atoms with Gasteiger partial charge < -0.3 is 5.32 Å². The van der Waals surface area contributed by atoms with Gasteiger partial charge in [-0.15, -0.1) is 0 Å². The first-order valence-corrected chi connectivity index (χ1v) is 4.40. The van der Waals surface area contributed by atoms with Crippen molar-refractivity contribution in [3.63, 3.8) is 0 Å². The fourth-order valence-electron chi connectivity index (χ4n) is 1.49. The van der Waals surface area contributed by atoms with Gasteiger partial charge in [0.25, 0.3) is 5.91 Å². The van der Waals surface area contributed by atoms with Crippen molar-refractivity contribution in [3.8, 4) is 0 Å². The van der Waals surface area contributed by atoms with E-state index in [1.807, 2.05) is 0 Å². The first-order valence-electron chi connectivity index (χ1n) is 4.40. The van der Waals surface area contributed by atoms with E-state index in [0.29, 0.717) is 0 Å². The van der Waals surface area contributed by atoms with E-state index in [0.717, 1.165) is 4.90 Å². The highest BCUT2D eigenvalue weighted by Gasteiger charge is 2.44. The SMILES string of the molecule is CNC(=O)N(C)C1C(=O)N(C)C(=O)N1C. The Hall–Kier alpha value is -1.79. The molecule has 15 heavy (non-hydrogen) atoms. The summed E-state index contributed by atoms with van der Waals surface area (Å²) in [5.41, 5.74) is 0. The van der Waals surface area contributed by atoms with E-state index in [4.69, 9.17) is 0 Å². The van der Waals surface area contributed by atoms with Crippen molar-refractivity contribution >= 4 is 18.0 Å². The van der Waals surface area contributed by atoms with Gasteiger partial charge >= 0.3 is 12.1 Å². The minimum Gasteiger partial charge on any atom is -0.341 e. The van der Waals surface area contributed by atoms with Gasteiger partial charge in [-0.25, -0.2) is 9.59 Å². The van der Waals surface area contributed by atoms with Crippen molar-refractivity contribution in [2.45, 2.75) is 6.17 Å². The summed E-state index contributed by atoms with van der Waals surface area (Å²) in [6.07, 6.45) is -0.859. The Morgan fingerprint density at radius 1 is 1.40 bits per heavy atom. The van der Waals surface area contributed by atoms with Gasteiger partial charge in [0, 0.05) is 28.2 Å². The third-order valence-electron chi connectivity index (χ3n) is 2.41.